The van der Waals surface area contributed by atoms with E-state index in [1.165, 1.54) is 0 Å². The fraction of sp³-hybridized carbons (Fsp3) is 0.357. The number of rotatable bonds is 3. The van der Waals surface area contributed by atoms with Gasteiger partial charge in [0, 0.05) is 13.2 Å². The van der Waals surface area contributed by atoms with Gasteiger partial charge in [0.05, 0.1) is 10.2 Å². The van der Waals surface area contributed by atoms with Crippen molar-refractivity contribution in [1.82, 2.24) is 15.0 Å². The van der Waals surface area contributed by atoms with E-state index in [1.807, 2.05) is 32.3 Å². The molecule has 0 aliphatic carbocycles. The van der Waals surface area contributed by atoms with Crippen molar-refractivity contribution in [1.29, 1.82) is 0 Å². The van der Waals surface area contributed by atoms with Crippen molar-refractivity contribution in [3.8, 4) is 11.5 Å². The average Bonchev–Trinajstić information content (AvgIpc) is 2.39. The molecule has 0 spiro atoms. The monoisotopic (exact) mass is 320 g/mol. The van der Waals surface area contributed by atoms with Crippen LogP contribution in [0.4, 0.5) is 5.82 Å². The number of hydrogen-bond acceptors (Lipinski definition) is 4. The quantitative estimate of drug-likeness (QED) is 0.935. The van der Waals surface area contributed by atoms with Crippen molar-refractivity contribution in [2.45, 2.75) is 26.7 Å². The lowest BCUT2D eigenvalue weighted by Gasteiger charge is -2.13. The van der Waals surface area contributed by atoms with Crippen LogP contribution in [0.2, 0.25) is 0 Å². The molecule has 0 atom stereocenters. The topological polar surface area (TPSA) is 50.7 Å². The fourth-order valence-electron chi connectivity index (χ4n) is 1.73. The van der Waals surface area contributed by atoms with Gasteiger partial charge in [-0.2, -0.15) is 0 Å². The molecule has 2 aromatic heterocycles. The molecule has 0 radical (unpaired) electrons. The molecule has 5 heteroatoms. The van der Waals surface area contributed by atoms with Crippen molar-refractivity contribution >= 4 is 21.7 Å². The standard InChI is InChI=1S/C14H17BrN4/c1-8(2)12-11(15)14(16-4)19-13(18-12)10-6-5-9(3)7-17-10/h5-8H,1-4H3,(H,16,18,19). The summed E-state index contributed by atoms with van der Waals surface area (Å²) in [7, 11) is 1.85. The molecule has 1 N–H and O–H groups in total. The summed E-state index contributed by atoms with van der Waals surface area (Å²) in [4.78, 5) is 13.5. The van der Waals surface area contributed by atoms with Gasteiger partial charge in [0.15, 0.2) is 5.82 Å². The number of aryl methyl sites for hydroxylation is 1. The number of aromatic nitrogens is 3. The molecule has 0 bridgehead atoms. The molecule has 0 aliphatic rings. The first kappa shape index (κ1) is 13.9. The highest BCUT2D eigenvalue weighted by Crippen LogP contribution is 2.30. The molecule has 0 aliphatic heterocycles. The predicted octanol–water partition coefficient (Wildman–Crippen LogP) is 3.77. The van der Waals surface area contributed by atoms with E-state index < -0.39 is 0 Å². The van der Waals surface area contributed by atoms with Gasteiger partial charge in [-0.15, -0.1) is 0 Å². The van der Waals surface area contributed by atoms with E-state index in [1.54, 1.807) is 0 Å². The molecule has 2 heterocycles. The van der Waals surface area contributed by atoms with Gasteiger partial charge in [-0.25, -0.2) is 9.97 Å². The summed E-state index contributed by atoms with van der Waals surface area (Å²) >= 11 is 3.55. The molecule has 0 saturated heterocycles. The van der Waals surface area contributed by atoms with Gasteiger partial charge in [0.2, 0.25) is 0 Å². The van der Waals surface area contributed by atoms with Crippen LogP contribution in [0.25, 0.3) is 11.5 Å². The first-order valence-electron chi connectivity index (χ1n) is 6.21. The van der Waals surface area contributed by atoms with E-state index in [2.05, 4.69) is 50.0 Å². The Labute approximate surface area is 121 Å². The summed E-state index contributed by atoms with van der Waals surface area (Å²) in [6.07, 6.45) is 1.83. The molecule has 0 amide bonds. The Morgan fingerprint density at radius 3 is 2.47 bits per heavy atom. The van der Waals surface area contributed by atoms with E-state index in [9.17, 15) is 0 Å². The Balaban J connectivity index is 2.57. The van der Waals surface area contributed by atoms with E-state index in [0.29, 0.717) is 11.7 Å². The third-order valence-corrected chi connectivity index (χ3v) is 3.58. The van der Waals surface area contributed by atoms with Crippen molar-refractivity contribution in [2.24, 2.45) is 0 Å². The second-order valence-corrected chi connectivity index (χ2v) is 5.51. The van der Waals surface area contributed by atoms with Crippen LogP contribution in [-0.2, 0) is 0 Å². The maximum atomic E-state index is 4.62. The molecule has 0 saturated carbocycles. The summed E-state index contributed by atoms with van der Waals surface area (Å²) < 4.78 is 0.917. The summed E-state index contributed by atoms with van der Waals surface area (Å²) in [5.74, 6) is 1.75. The van der Waals surface area contributed by atoms with Gasteiger partial charge in [-0.3, -0.25) is 4.98 Å². The highest BCUT2D eigenvalue weighted by atomic mass is 79.9. The van der Waals surface area contributed by atoms with E-state index in [0.717, 1.165) is 27.2 Å². The zero-order valence-corrected chi connectivity index (χ0v) is 13.1. The van der Waals surface area contributed by atoms with E-state index in [4.69, 9.17) is 0 Å². The first-order chi connectivity index (χ1) is 9.02. The molecule has 2 aromatic rings. The minimum atomic E-state index is 0.314. The smallest absolute Gasteiger partial charge is 0.180 e. The molecule has 19 heavy (non-hydrogen) atoms. The second-order valence-electron chi connectivity index (χ2n) is 4.72. The number of anilines is 1. The summed E-state index contributed by atoms with van der Waals surface area (Å²) in [6.45, 7) is 6.23. The Morgan fingerprint density at radius 1 is 1.21 bits per heavy atom. The van der Waals surface area contributed by atoms with Gasteiger partial charge >= 0.3 is 0 Å². The molecule has 0 aromatic carbocycles. The van der Waals surface area contributed by atoms with Gasteiger partial charge in [0.1, 0.15) is 11.5 Å². The minimum Gasteiger partial charge on any atom is -0.372 e. The van der Waals surface area contributed by atoms with Crippen LogP contribution in [0.3, 0.4) is 0 Å². The Morgan fingerprint density at radius 2 is 1.95 bits per heavy atom. The van der Waals surface area contributed by atoms with Gasteiger partial charge < -0.3 is 5.32 Å². The summed E-state index contributed by atoms with van der Waals surface area (Å²) in [5, 5.41) is 3.09. The van der Waals surface area contributed by atoms with Crippen LogP contribution in [0.5, 0.6) is 0 Å². The first-order valence-corrected chi connectivity index (χ1v) is 7.00. The summed E-state index contributed by atoms with van der Waals surface area (Å²) in [6, 6.07) is 3.96. The Hall–Kier alpha value is -1.49. The zero-order chi connectivity index (χ0) is 14.0. The third kappa shape index (κ3) is 2.92. The fourth-order valence-corrected chi connectivity index (χ4v) is 2.56. The van der Waals surface area contributed by atoms with Crippen LogP contribution < -0.4 is 5.32 Å². The number of halogens is 1. The largest absolute Gasteiger partial charge is 0.372 e. The number of hydrogen-bond donors (Lipinski definition) is 1. The van der Waals surface area contributed by atoms with Crippen LogP contribution in [0, 0.1) is 6.92 Å². The van der Waals surface area contributed by atoms with Crippen molar-refractivity contribution in [2.75, 3.05) is 12.4 Å². The van der Waals surface area contributed by atoms with E-state index in [-0.39, 0.29) is 0 Å². The van der Waals surface area contributed by atoms with Crippen LogP contribution in [-0.4, -0.2) is 22.0 Å². The Kier molecular flexibility index (Phi) is 4.14. The number of pyridine rings is 1. The molecule has 0 unspecified atom stereocenters. The van der Waals surface area contributed by atoms with Gasteiger partial charge in [-0.1, -0.05) is 19.9 Å². The van der Waals surface area contributed by atoms with Crippen LogP contribution in [0.1, 0.15) is 31.0 Å². The lowest BCUT2D eigenvalue weighted by atomic mass is 10.1. The molecule has 2 rings (SSSR count). The Bertz CT molecular complexity index is 579. The molecule has 4 nitrogen and oxygen atoms in total. The number of nitrogens with one attached hydrogen (secondary N) is 1. The molecular weight excluding hydrogens is 304 g/mol. The molecular formula is C14H17BrN4. The van der Waals surface area contributed by atoms with Crippen molar-refractivity contribution in [3.63, 3.8) is 0 Å². The van der Waals surface area contributed by atoms with E-state index >= 15 is 0 Å². The number of nitrogens with zero attached hydrogens (tertiary/aromatic N) is 3. The molecule has 0 fully saturated rings. The lowest BCUT2D eigenvalue weighted by molar-refractivity contribution is 0.809. The SMILES string of the molecule is CNc1nc(-c2ccc(C)cn2)nc(C(C)C)c1Br. The zero-order valence-electron chi connectivity index (χ0n) is 11.5. The maximum Gasteiger partial charge on any atom is 0.180 e. The summed E-state index contributed by atoms with van der Waals surface area (Å²) in [5.41, 5.74) is 2.90. The van der Waals surface area contributed by atoms with Crippen LogP contribution in [0.15, 0.2) is 22.8 Å². The third-order valence-electron chi connectivity index (χ3n) is 2.80. The second kappa shape index (κ2) is 5.65. The van der Waals surface area contributed by atoms with Crippen molar-refractivity contribution < 1.29 is 0 Å². The van der Waals surface area contributed by atoms with Crippen molar-refractivity contribution in [3.05, 3.63) is 34.1 Å². The highest BCUT2D eigenvalue weighted by Gasteiger charge is 2.15. The lowest BCUT2D eigenvalue weighted by Crippen LogP contribution is -2.05. The maximum absolute atomic E-state index is 4.62. The van der Waals surface area contributed by atoms with Gasteiger partial charge in [0.25, 0.3) is 0 Å². The van der Waals surface area contributed by atoms with Crippen LogP contribution >= 0.6 is 15.9 Å². The average molecular weight is 321 g/mol. The predicted molar refractivity (Wildman–Crippen MR) is 81.3 cm³/mol. The highest BCUT2D eigenvalue weighted by molar-refractivity contribution is 9.10. The normalized spacial score (nSPS) is 10.8. The van der Waals surface area contributed by atoms with Gasteiger partial charge in [-0.05, 0) is 40.4 Å². The minimum absolute atomic E-state index is 0.314. The molecule has 100 valence electrons.